The lowest BCUT2D eigenvalue weighted by Gasteiger charge is -2.13. The average Bonchev–Trinajstić information content (AvgIpc) is 3.63. The van der Waals surface area contributed by atoms with Crippen LogP contribution in [0, 0.1) is 0 Å². The summed E-state index contributed by atoms with van der Waals surface area (Å²) in [6, 6.07) is 25.9. The van der Waals surface area contributed by atoms with Crippen LogP contribution in [-0.2, 0) is 19.5 Å². The van der Waals surface area contributed by atoms with E-state index in [0.29, 0.717) is 30.0 Å². The zero-order valence-corrected chi connectivity index (χ0v) is 22.2. The van der Waals surface area contributed by atoms with E-state index in [4.69, 9.17) is 0 Å². The van der Waals surface area contributed by atoms with Crippen molar-refractivity contribution in [2.75, 3.05) is 0 Å². The summed E-state index contributed by atoms with van der Waals surface area (Å²) in [6.45, 7) is 4.78. The molecule has 0 aliphatic carbocycles. The van der Waals surface area contributed by atoms with Gasteiger partial charge >= 0.3 is 5.69 Å². The van der Waals surface area contributed by atoms with Gasteiger partial charge in [0.25, 0.3) is 5.56 Å². The van der Waals surface area contributed by atoms with E-state index >= 15 is 0 Å². The van der Waals surface area contributed by atoms with E-state index in [9.17, 15) is 9.59 Å². The van der Waals surface area contributed by atoms with Crippen LogP contribution in [0.25, 0.3) is 33.7 Å². The molecule has 0 aliphatic rings. The minimum Gasteiger partial charge on any atom is -0.317 e. The Morgan fingerprint density at radius 1 is 0.825 bits per heavy atom. The van der Waals surface area contributed by atoms with E-state index in [1.54, 1.807) is 0 Å². The molecule has 0 unspecified atom stereocenters. The number of hydrogen-bond donors (Lipinski definition) is 2. The summed E-state index contributed by atoms with van der Waals surface area (Å²) in [6.07, 6.45) is 0.577. The molecule has 0 fully saturated rings. The van der Waals surface area contributed by atoms with Crippen LogP contribution in [0.5, 0.6) is 0 Å². The minimum absolute atomic E-state index is 0.0502. The lowest BCUT2D eigenvalue weighted by molar-refractivity contribution is 0.628. The Balaban J connectivity index is 1.36. The molecule has 0 saturated heterocycles. The van der Waals surface area contributed by atoms with Gasteiger partial charge in [-0.15, -0.1) is 10.2 Å². The Hall–Kier alpha value is -5.12. The summed E-state index contributed by atoms with van der Waals surface area (Å²) >= 11 is 0. The molecule has 40 heavy (non-hydrogen) atoms. The van der Waals surface area contributed by atoms with Crippen LogP contribution in [-0.4, -0.2) is 39.7 Å². The Bertz CT molecular complexity index is 1880. The van der Waals surface area contributed by atoms with Crippen LogP contribution >= 0.6 is 0 Å². The number of hydrogen-bond acceptors (Lipinski definition) is 6. The van der Waals surface area contributed by atoms with Crippen molar-refractivity contribution in [3.63, 3.8) is 0 Å². The zero-order chi connectivity index (χ0) is 27.6. The van der Waals surface area contributed by atoms with Gasteiger partial charge in [0, 0.05) is 24.6 Å². The van der Waals surface area contributed by atoms with E-state index in [1.165, 1.54) is 4.57 Å². The molecule has 0 atom stereocenters. The van der Waals surface area contributed by atoms with E-state index < -0.39 is 5.69 Å². The number of nitrogens with zero attached hydrogens (tertiary/aromatic N) is 6. The molecule has 3 heterocycles. The van der Waals surface area contributed by atoms with E-state index in [1.807, 2.05) is 97.3 Å². The van der Waals surface area contributed by atoms with Crippen molar-refractivity contribution >= 4 is 11.2 Å². The number of aryl methyl sites for hydroxylation is 1. The third-order valence-corrected chi connectivity index (χ3v) is 7.02. The SMILES string of the molecule is CC(C)c1nc2[nH]c(=O)n(CCc3ccccc3)c(=O)c2n1Cc1ccc(-c2ccccc2-c2nn[nH]n2)cc1. The average molecular weight is 533 g/mol. The summed E-state index contributed by atoms with van der Waals surface area (Å²) in [5, 5.41) is 14.5. The van der Waals surface area contributed by atoms with Crippen LogP contribution in [0.4, 0.5) is 0 Å². The van der Waals surface area contributed by atoms with E-state index in [2.05, 4.69) is 30.6 Å². The Morgan fingerprint density at radius 2 is 1.55 bits per heavy atom. The summed E-state index contributed by atoms with van der Waals surface area (Å²) in [7, 11) is 0. The number of benzene rings is 3. The predicted molar refractivity (Wildman–Crippen MR) is 153 cm³/mol. The second-order valence-corrected chi connectivity index (χ2v) is 10.0. The fraction of sp³-hybridized carbons (Fsp3) is 0.200. The topological polar surface area (TPSA) is 127 Å². The number of fused-ring (bicyclic) bond motifs is 1. The number of aromatic nitrogens is 8. The first-order chi connectivity index (χ1) is 19.5. The number of nitrogens with one attached hydrogen (secondary N) is 2. The molecular weight excluding hydrogens is 504 g/mol. The second kappa shape index (κ2) is 10.6. The summed E-state index contributed by atoms with van der Waals surface area (Å²) in [4.78, 5) is 34.0. The number of imidazole rings is 1. The fourth-order valence-corrected chi connectivity index (χ4v) is 5.03. The molecule has 0 bridgehead atoms. The van der Waals surface area contributed by atoms with Crippen molar-refractivity contribution in [1.29, 1.82) is 0 Å². The maximum Gasteiger partial charge on any atom is 0.330 e. The predicted octanol–water partition coefficient (Wildman–Crippen LogP) is 4.15. The molecule has 0 radical (unpaired) electrons. The molecule has 2 N–H and O–H groups in total. The van der Waals surface area contributed by atoms with Gasteiger partial charge in [-0.05, 0) is 33.9 Å². The Kier molecular flexibility index (Phi) is 6.65. The molecule has 0 aliphatic heterocycles. The summed E-state index contributed by atoms with van der Waals surface area (Å²) in [5.74, 6) is 1.33. The maximum absolute atomic E-state index is 13.7. The largest absolute Gasteiger partial charge is 0.330 e. The van der Waals surface area contributed by atoms with E-state index in [-0.39, 0.29) is 18.0 Å². The normalized spacial score (nSPS) is 11.5. The van der Waals surface area contributed by atoms with Gasteiger partial charge in [-0.2, -0.15) is 5.21 Å². The molecule has 3 aromatic carbocycles. The number of aromatic amines is 2. The highest BCUT2D eigenvalue weighted by Gasteiger charge is 2.20. The van der Waals surface area contributed by atoms with Crippen molar-refractivity contribution in [2.45, 2.75) is 39.3 Å². The van der Waals surface area contributed by atoms with Gasteiger partial charge in [-0.3, -0.25) is 14.3 Å². The standard InChI is InChI=1S/C30H28N8O2/c1-19(2)28-31-27-25(29(39)37(30(40)32-27)17-16-20-8-4-3-5-9-20)38(28)18-21-12-14-22(15-13-21)23-10-6-7-11-24(23)26-33-35-36-34-26/h3-15,19H,16-18H2,1-2H3,(H,32,40)(H,33,34,35,36). The molecular formula is C30H28N8O2. The van der Waals surface area contributed by atoms with Gasteiger partial charge in [-0.1, -0.05) is 92.7 Å². The molecule has 10 nitrogen and oxygen atoms in total. The van der Waals surface area contributed by atoms with Gasteiger partial charge in [0.1, 0.15) is 5.82 Å². The maximum atomic E-state index is 13.7. The Labute approximate surface area is 229 Å². The van der Waals surface area contributed by atoms with Crippen molar-refractivity contribution in [2.24, 2.45) is 0 Å². The van der Waals surface area contributed by atoms with Crippen LogP contribution in [0.15, 0.2) is 88.5 Å². The van der Waals surface area contributed by atoms with Crippen molar-refractivity contribution in [1.82, 2.24) is 39.7 Å². The monoisotopic (exact) mass is 532 g/mol. The van der Waals surface area contributed by atoms with Crippen molar-refractivity contribution in [3.8, 4) is 22.5 Å². The molecule has 0 spiro atoms. The van der Waals surface area contributed by atoms with Crippen LogP contribution < -0.4 is 11.2 Å². The molecule has 0 amide bonds. The molecule has 200 valence electrons. The molecule has 0 saturated carbocycles. The highest BCUT2D eigenvalue weighted by Crippen LogP contribution is 2.30. The lowest BCUT2D eigenvalue weighted by atomic mass is 9.98. The van der Waals surface area contributed by atoms with Crippen molar-refractivity contribution in [3.05, 3.63) is 117 Å². The highest BCUT2D eigenvalue weighted by molar-refractivity contribution is 5.80. The van der Waals surface area contributed by atoms with Gasteiger partial charge in [-0.25, -0.2) is 9.78 Å². The van der Waals surface area contributed by atoms with Crippen molar-refractivity contribution < 1.29 is 0 Å². The minimum atomic E-state index is -0.446. The molecule has 10 heteroatoms. The van der Waals surface area contributed by atoms with Crippen LogP contribution in [0.2, 0.25) is 0 Å². The first kappa shape index (κ1) is 25.2. The summed E-state index contributed by atoms with van der Waals surface area (Å²) < 4.78 is 3.20. The quantitative estimate of drug-likeness (QED) is 0.303. The number of tetrazole rings is 1. The first-order valence-corrected chi connectivity index (χ1v) is 13.2. The molecule has 3 aromatic heterocycles. The number of rotatable bonds is 8. The highest BCUT2D eigenvalue weighted by atomic mass is 16.2. The van der Waals surface area contributed by atoms with Gasteiger partial charge in [0.05, 0.1) is 0 Å². The molecule has 6 rings (SSSR count). The molecule has 6 aromatic rings. The van der Waals surface area contributed by atoms with Crippen LogP contribution in [0.3, 0.4) is 0 Å². The second-order valence-electron chi connectivity index (χ2n) is 10.0. The first-order valence-electron chi connectivity index (χ1n) is 13.2. The fourth-order valence-electron chi connectivity index (χ4n) is 5.03. The lowest BCUT2D eigenvalue weighted by Crippen LogP contribution is -2.36. The van der Waals surface area contributed by atoms with Gasteiger partial charge < -0.3 is 4.57 Å². The third-order valence-electron chi connectivity index (χ3n) is 7.02. The zero-order valence-electron chi connectivity index (χ0n) is 22.2. The third kappa shape index (κ3) is 4.75. The number of H-pyrrole nitrogens is 2. The van der Waals surface area contributed by atoms with Gasteiger partial charge in [0.15, 0.2) is 11.2 Å². The summed E-state index contributed by atoms with van der Waals surface area (Å²) in [5.41, 5.74) is 4.89. The Morgan fingerprint density at radius 3 is 2.25 bits per heavy atom. The van der Waals surface area contributed by atoms with Crippen LogP contribution in [0.1, 0.15) is 36.7 Å². The van der Waals surface area contributed by atoms with Gasteiger partial charge in [0.2, 0.25) is 5.82 Å². The van der Waals surface area contributed by atoms with E-state index in [0.717, 1.165) is 33.6 Å². The smallest absolute Gasteiger partial charge is 0.317 e.